The number of aliphatic hydroxyl groups excluding tert-OH is 2. The van der Waals surface area contributed by atoms with Crippen LogP contribution in [0.1, 0.15) is 42.0 Å². The van der Waals surface area contributed by atoms with E-state index in [1.165, 1.54) is 12.3 Å². The van der Waals surface area contributed by atoms with E-state index < -0.39 is 18.2 Å². The maximum atomic E-state index is 12.0. The number of aromatic nitrogens is 2. The molecule has 0 radical (unpaired) electrons. The Morgan fingerprint density at radius 2 is 2.11 bits per heavy atom. The van der Waals surface area contributed by atoms with Crippen LogP contribution >= 0.6 is 0 Å². The van der Waals surface area contributed by atoms with E-state index in [4.69, 9.17) is 0 Å². The Hall–Kier alpha value is -1.53. The van der Waals surface area contributed by atoms with Crippen LogP contribution in [0.3, 0.4) is 0 Å². The molecular weight excluding hydrogens is 246 g/mol. The molecule has 0 bridgehead atoms. The summed E-state index contributed by atoms with van der Waals surface area (Å²) in [6, 6.07) is 1.10. The second-order valence-electron chi connectivity index (χ2n) is 4.91. The number of amides is 1. The second-order valence-corrected chi connectivity index (χ2v) is 4.91. The number of aliphatic hydroxyl groups is 2. The van der Waals surface area contributed by atoms with Crippen molar-refractivity contribution < 1.29 is 15.0 Å². The van der Waals surface area contributed by atoms with Crippen molar-refractivity contribution in [3.63, 3.8) is 0 Å². The predicted octanol–water partition coefficient (Wildman–Crippen LogP) is 0.179. The van der Waals surface area contributed by atoms with Crippen LogP contribution in [0.15, 0.2) is 12.3 Å². The van der Waals surface area contributed by atoms with Crippen LogP contribution in [0.5, 0.6) is 0 Å². The van der Waals surface area contributed by atoms with E-state index >= 15 is 0 Å². The normalized spacial score (nSPS) is 27.6. The zero-order valence-electron chi connectivity index (χ0n) is 10.9. The lowest BCUT2D eigenvalue weighted by Crippen LogP contribution is -2.47. The van der Waals surface area contributed by atoms with Gasteiger partial charge < -0.3 is 15.5 Å². The SMILES string of the molecule is Cc1nccc(C(=O)N[C@@H]2CCCC[C@@H](O)[C@@H]2O)n1. The number of nitrogens with zero attached hydrogens (tertiary/aromatic N) is 2. The van der Waals surface area contributed by atoms with Gasteiger partial charge in [0.2, 0.25) is 0 Å². The lowest BCUT2D eigenvalue weighted by atomic mass is 10.0. The molecule has 6 heteroatoms. The number of hydrogen-bond acceptors (Lipinski definition) is 5. The molecule has 1 heterocycles. The highest BCUT2D eigenvalue weighted by molar-refractivity contribution is 5.92. The molecule has 6 nitrogen and oxygen atoms in total. The summed E-state index contributed by atoms with van der Waals surface area (Å²) in [4.78, 5) is 20.0. The Morgan fingerprint density at radius 3 is 2.84 bits per heavy atom. The third-order valence-corrected chi connectivity index (χ3v) is 3.40. The summed E-state index contributed by atoms with van der Waals surface area (Å²) in [6.07, 6.45) is 2.79. The maximum absolute atomic E-state index is 12.0. The number of carbonyl (C=O) groups excluding carboxylic acids is 1. The van der Waals surface area contributed by atoms with Gasteiger partial charge in [0.05, 0.1) is 18.2 Å². The van der Waals surface area contributed by atoms with E-state index in [0.717, 1.165) is 12.8 Å². The van der Waals surface area contributed by atoms with Gasteiger partial charge in [-0.2, -0.15) is 0 Å². The van der Waals surface area contributed by atoms with E-state index in [0.29, 0.717) is 18.7 Å². The molecule has 0 saturated heterocycles. The highest BCUT2D eigenvalue weighted by Gasteiger charge is 2.30. The molecule has 3 atom stereocenters. The van der Waals surface area contributed by atoms with Crippen molar-refractivity contribution in [1.29, 1.82) is 0 Å². The van der Waals surface area contributed by atoms with Crippen molar-refractivity contribution in [2.24, 2.45) is 0 Å². The monoisotopic (exact) mass is 265 g/mol. The molecule has 0 spiro atoms. The highest BCUT2D eigenvalue weighted by atomic mass is 16.3. The molecule has 0 unspecified atom stereocenters. The van der Waals surface area contributed by atoms with Crippen molar-refractivity contribution in [2.75, 3.05) is 0 Å². The first kappa shape index (κ1) is 13.9. The molecule has 0 aromatic carbocycles. The van der Waals surface area contributed by atoms with E-state index in [2.05, 4.69) is 15.3 Å². The van der Waals surface area contributed by atoms with Gasteiger partial charge in [0, 0.05) is 6.20 Å². The molecule has 1 aliphatic rings. The van der Waals surface area contributed by atoms with Crippen LogP contribution in [0.2, 0.25) is 0 Å². The van der Waals surface area contributed by atoms with E-state index in [9.17, 15) is 15.0 Å². The minimum atomic E-state index is -0.922. The number of rotatable bonds is 2. The molecule has 2 rings (SSSR count). The lowest BCUT2D eigenvalue weighted by Gasteiger charge is -2.24. The number of carbonyl (C=O) groups is 1. The van der Waals surface area contributed by atoms with Gasteiger partial charge in [-0.05, 0) is 25.8 Å². The van der Waals surface area contributed by atoms with Crippen LogP contribution in [-0.4, -0.2) is 44.3 Å². The minimum Gasteiger partial charge on any atom is -0.390 e. The third-order valence-electron chi connectivity index (χ3n) is 3.40. The summed E-state index contributed by atoms with van der Waals surface area (Å²) >= 11 is 0. The van der Waals surface area contributed by atoms with E-state index in [-0.39, 0.29) is 11.6 Å². The highest BCUT2D eigenvalue weighted by Crippen LogP contribution is 2.19. The van der Waals surface area contributed by atoms with Gasteiger partial charge in [-0.1, -0.05) is 12.8 Å². The standard InChI is InChI=1S/C13H19N3O3/c1-8-14-7-6-10(15-8)13(19)16-9-4-2-3-5-11(17)12(9)18/h6-7,9,11-12,17-18H,2-5H2,1H3,(H,16,19)/t9-,11-,12-/m1/s1. The van der Waals surface area contributed by atoms with Crippen molar-refractivity contribution in [3.8, 4) is 0 Å². The van der Waals surface area contributed by atoms with Crippen LogP contribution in [0, 0.1) is 6.92 Å². The molecule has 1 fully saturated rings. The summed E-state index contributed by atoms with van der Waals surface area (Å²) in [5.74, 6) is 0.178. The molecule has 1 amide bonds. The average molecular weight is 265 g/mol. The smallest absolute Gasteiger partial charge is 0.270 e. The molecule has 0 aliphatic heterocycles. The van der Waals surface area contributed by atoms with E-state index in [1.807, 2.05) is 0 Å². The summed E-state index contributed by atoms with van der Waals surface area (Å²) < 4.78 is 0. The van der Waals surface area contributed by atoms with Crippen LogP contribution in [-0.2, 0) is 0 Å². The van der Waals surface area contributed by atoms with Crippen LogP contribution in [0.25, 0.3) is 0 Å². The Bertz CT molecular complexity index is 453. The Labute approximate surface area is 111 Å². The summed E-state index contributed by atoms with van der Waals surface area (Å²) in [5, 5.41) is 22.4. The summed E-state index contributed by atoms with van der Waals surface area (Å²) in [6.45, 7) is 1.71. The van der Waals surface area contributed by atoms with E-state index in [1.54, 1.807) is 6.92 Å². The second kappa shape index (κ2) is 6.08. The first-order valence-corrected chi connectivity index (χ1v) is 6.54. The molecule has 1 aromatic rings. The lowest BCUT2D eigenvalue weighted by molar-refractivity contribution is -0.00129. The van der Waals surface area contributed by atoms with Gasteiger partial charge in [-0.3, -0.25) is 4.79 Å². The first-order valence-electron chi connectivity index (χ1n) is 6.54. The molecule has 1 aliphatic carbocycles. The Kier molecular flexibility index (Phi) is 4.44. The van der Waals surface area contributed by atoms with Crippen molar-refractivity contribution in [1.82, 2.24) is 15.3 Å². The van der Waals surface area contributed by atoms with Gasteiger partial charge in [-0.25, -0.2) is 9.97 Å². The van der Waals surface area contributed by atoms with Gasteiger partial charge >= 0.3 is 0 Å². The fourth-order valence-electron chi connectivity index (χ4n) is 2.31. The zero-order valence-corrected chi connectivity index (χ0v) is 10.9. The molecule has 1 saturated carbocycles. The summed E-state index contributed by atoms with van der Waals surface area (Å²) in [5.41, 5.74) is 0.276. The Balaban J connectivity index is 2.05. The molecule has 3 N–H and O–H groups in total. The molecule has 19 heavy (non-hydrogen) atoms. The quantitative estimate of drug-likeness (QED) is 0.663. The van der Waals surface area contributed by atoms with Gasteiger partial charge in [0.25, 0.3) is 5.91 Å². The summed E-state index contributed by atoms with van der Waals surface area (Å²) in [7, 11) is 0. The molecular formula is C13H19N3O3. The number of nitrogens with one attached hydrogen (secondary N) is 1. The third kappa shape index (κ3) is 3.48. The van der Waals surface area contributed by atoms with Gasteiger partial charge in [-0.15, -0.1) is 0 Å². The largest absolute Gasteiger partial charge is 0.390 e. The molecule has 1 aromatic heterocycles. The topological polar surface area (TPSA) is 95.3 Å². The minimum absolute atomic E-state index is 0.276. The fraction of sp³-hybridized carbons (Fsp3) is 0.615. The predicted molar refractivity (Wildman–Crippen MR) is 68.5 cm³/mol. The Morgan fingerprint density at radius 1 is 1.37 bits per heavy atom. The van der Waals surface area contributed by atoms with Crippen LogP contribution in [0.4, 0.5) is 0 Å². The van der Waals surface area contributed by atoms with Crippen molar-refractivity contribution in [3.05, 3.63) is 23.8 Å². The van der Waals surface area contributed by atoms with Crippen molar-refractivity contribution >= 4 is 5.91 Å². The fourth-order valence-corrected chi connectivity index (χ4v) is 2.31. The maximum Gasteiger partial charge on any atom is 0.270 e. The van der Waals surface area contributed by atoms with Crippen LogP contribution < -0.4 is 5.32 Å². The number of hydrogen-bond donors (Lipinski definition) is 3. The first-order chi connectivity index (χ1) is 9.08. The number of aryl methyl sites for hydroxylation is 1. The van der Waals surface area contributed by atoms with Crippen molar-refractivity contribution in [2.45, 2.75) is 50.9 Å². The van der Waals surface area contributed by atoms with Gasteiger partial charge in [0.1, 0.15) is 11.5 Å². The zero-order chi connectivity index (χ0) is 13.8. The molecule has 104 valence electrons. The average Bonchev–Trinajstić information content (AvgIpc) is 2.54. The van der Waals surface area contributed by atoms with Gasteiger partial charge in [0.15, 0.2) is 0 Å².